The molecule has 0 saturated carbocycles. The molecule has 0 amide bonds. The summed E-state index contributed by atoms with van der Waals surface area (Å²) >= 11 is 1.68. The van der Waals surface area contributed by atoms with Gasteiger partial charge in [0.05, 0.1) is 27.9 Å². The molecule has 7 heteroatoms. The third-order valence-corrected chi connectivity index (χ3v) is 4.56. The van der Waals surface area contributed by atoms with Gasteiger partial charge in [0.2, 0.25) is 0 Å². The highest BCUT2D eigenvalue weighted by molar-refractivity contribution is 7.07. The Labute approximate surface area is 159 Å². The first-order valence-corrected chi connectivity index (χ1v) is 9.48. The van der Waals surface area contributed by atoms with E-state index in [0.717, 1.165) is 36.0 Å². The van der Waals surface area contributed by atoms with Gasteiger partial charge in [-0.3, -0.25) is 0 Å². The van der Waals surface area contributed by atoms with E-state index in [1.54, 1.807) is 32.7 Å². The molecule has 1 heterocycles. The van der Waals surface area contributed by atoms with Crippen molar-refractivity contribution in [1.82, 2.24) is 10.6 Å². The zero-order valence-corrected chi connectivity index (χ0v) is 16.6. The Morgan fingerprint density at radius 3 is 2.35 bits per heavy atom. The maximum Gasteiger partial charge on any atom is 0.191 e. The second-order valence-corrected chi connectivity index (χ2v) is 6.29. The maximum absolute atomic E-state index is 5.50. The van der Waals surface area contributed by atoms with Gasteiger partial charge in [0.25, 0.3) is 0 Å². The Morgan fingerprint density at radius 2 is 1.81 bits per heavy atom. The Bertz CT molecular complexity index is 677. The van der Waals surface area contributed by atoms with Gasteiger partial charge in [0.1, 0.15) is 17.2 Å². The molecule has 0 unspecified atom stereocenters. The summed E-state index contributed by atoms with van der Waals surface area (Å²) in [6, 6.07) is 5.83. The van der Waals surface area contributed by atoms with Crippen LogP contribution in [0, 0.1) is 0 Å². The molecule has 2 aromatic rings. The number of rotatable bonds is 9. The number of thiophene rings is 1. The van der Waals surface area contributed by atoms with Crippen molar-refractivity contribution in [2.24, 2.45) is 4.99 Å². The third-order valence-electron chi connectivity index (χ3n) is 3.83. The molecular weight excluding hydrogens is 350 g/mol. The lowest BCUT2D eigenvalue weighted by Gasteiger charge is -2.16. The quantitative estimate of drug-likeness (QED) is 0.519. The number of hydrogen-bond acceptors (Lipinski definition) is 5. The van der Waals surface area contributed by atoms with E-state index in [0.29, 0.717) is 18.8 Å². The van der Waals surface area contributed by atoms with Crippen molar-refractivity contribution >= 4 is 17.3 Å². The first-order chi connectivity index (χ1) is 12.7. The van der Waals surface area contributed by atoms with Crippen LogP contribution in [0.15, 0.2) is 34.0 Å². The summed E-state index contributed by atoms with van der Waals surface area (Å²) in [6.07, 6.45) is 0.735. The van der Waals surface area contributed by atoms with Gasteiger partial charge in [0.15, 0.2) is 5.96 Å². The molecule has 6 nitrogen and oxygen atoms in total. The van der Waals surface area contributed by atoms with Crippen molar-refractivity contribution in [3.63, 3.8) is 0 Å². The Hall–Kier alpha value is -2.41. The van der Waals surface area contributed by atoms with Crippen LogP contribution in [0.1, 0.15) is 18.1 Å². The molecule has 0 fully saturated rings. The van der Waals surface area contributed by atoms with Crippen LogP contribution < -0.4 is 24.8 Å². The van der Waals surface area contributed by atoms with Crippen LogP contribution in [0.5, 0.6) is 17.2 Å². The molecule has 1 aromatic carbocycles. The molecule has 0 spiro atoms. The van der Waals surface area contributed by atoms with E-state index in [1.807, 2.05) is 12.1 Å². The van der Waals surface area contributed by atoms with E-state index in [1.165, 1.54) is 5.56 Å². The molecule has 26 heavy (non-hydrogen) atoms. The lowest BCUT2D eigenvalue weighted by molar-refractivity contribution is 0.368. The van der Waals surface area contributed by atoms with E-state index in [4.69, 9.17) is 14.2 Å². The molecule has 0 saturated heterocycles. The summed E-state index contributed by atoms with van der Waals surface area (Å²) in [5.41, 5.74) is 2.21. The fourth-order valence-corrected chi connectivity index (χ4v) is 3.18. The minimum absolute atomic E-state index is 0.661. The van der Waals surface area contributed by atoms with Crippen molar-refractivity contribution in [1.29, 1.82) is 0 Å². The van der Waals surface area contributed by atoms with Crippen molar-refractivity contribution in [2.45, 2.75) is 19.9 Å². The fraction of sp³-hybridized carbons (Fsp3) is 0.421. The first-order valence-electron chi connectivity index (χ1n) is 8.54. The smallest absolute Gasteiger partial charge is 0.191 e. The summed E-state index contributed by atoms with van der Waals surface area (Å²) in [4.78, 5) is 4.62. The van der Waals surface area contributed by atoms with E-state index in [9.17, 15) is 0 Å². The lowest BCUT2D eigenvalue weighted by Crippen LogP contribution is -2.38. The van der Waals surface area contributed by atoms with Crippen LogP contribution in [0.3, 0.4) is 0 Å². The largest absolute Gasteiger partial charge is 0.496 e. The number of guanidine groups is 1. The summed E-state index contributed by atoms with van der Waals surface area (Å²) in [5, 5.41) is 10.8. The predicted molar refractivity (Wildman–Crippen MR) is 107 cm³/mol. The zero-order valence-electron chi connectivity index (χ0n) is 15.8. The van der Waals surface area contributed by atoms with Crippen LogP contribution in [-0.4, -0.2) is 40.4 Å². The highest BCUT2D eigenvalue weighted by Gasteiger charge is 2.13. The molecule has 142 valence electrons. The van der Waals surface area contributed by atoms with Crippen LogP contribution in [0.2, 0.25) is 0 Å². The molecule has 2 N–H and O–H groups in total. The Balaban J connectivity index is 2.03. The average molecular weight is 378 g/mol. The minimum Gasteiger partial charge on any atom is -0.496 e. The summed E-state index contributed by atoms with van der Waals surface area (Å²) in [6.45, 7) is 4.23. The van der Waals surface area contributed by atoms with E-state index in [-0.39, 0.29) is 0 Å². The highest BCUT2D eigenvalue weighted by Crippen LogP contribution is 2.34. The van der Waals surface area contributed by atoms with Crippen LogP contribution in [0.25, 0.3) is 0 Å². The second-order valence-electron chi connectivity index (χ2n) is 5.51. The zero-order chi connectivity index (χ0) is 18.8. The van der Waals surface area contributed by atoms with Crippen molar-refractivity contribution in [3.05, 3.63) is 40.1 Å². The van der Waals surface area contributed by atoms with Crippen LogP contribution >= 0.6 is 11.3 Å². The minimum atomic E-state index is 0.661. The van der Waals surface area contributed by atoms with Crippen LogP contribution in [-0.2, 0) is 13.0 Å². The predicted octanol–water partition coefficient (Wildman–Crippen LogP) is 3.07. The molecule has 0 aliphatic heterocycles. The Morgan fingerprint density at radius 1 is 1.08 bits per heavy atom. The number of hydrogen-bond donors (Lipinski definition) is 2. The molecule has 0 aliphatic carbocycles. The van der Waals surface area contributed by atoms with Gasteiger partial charge in [-0.15, -0.1) is 0 Å². The number of nitrogens with zero attached hydrogens (tertiary/aromatic N) is 1. The van der Waals surface area contributed by atoms with Gasteiger partial charge >= 0.3 is 0 Å². The maximum atomic E-state index is 5.50. The standard InChI is InChI=1S/C19H27N3O3S/c1-5-20-19(22-12-14-7-9-26-13-14)21-8-6-16-17(24-3)10-15(23-2)11-18(16)25-4/h7,9-11,13H,5-6,8,12H2,1-4H3,(H2,20,21,22). The van der Waals surface area contributed by atoms with Gasteiger partial charge in [-0.25, -0.2) is 4.99 Å². The van der Waals surface area contributed by atoms with Gasteiger partial charge in [-0.1, -0.05) is 0 Å². The van der Waals surface area contributed by atoms with Gasteiger partial charge < -0.3 is 24.8 Å². The molecule has 0 bridgehead atoms. The highest BCUT2D eigenvalue weighted by atomic mass is 32.1. The van der Waals surface area contributed by atoms with E-state index < -0.39 is 0 Å². The normalized spacial score (nSPS) is 11.2. The van der Waals surface area contributed by atoms with Crippen LogP contribution in [0.4, 0.5) is 0 Å². The van der Waals surface area contributed by atoms with Crippen molar-refractivity contribution in [3.8, 4) is 17.2 Å². The molecule has 0 atom stereocenters. The molecule has 0 aliphatic rings. The average Bonchev–Trinajstić information content (AvgIpc) is 3.19. The summed E-state index contributed by atoms with van der Waals surface area (Å²) in [7, 11) is 4.93. The number of methoxy groups -OCH3 is 3. The SMILES string of the molecule is CCNC(=NCc1ccsc1)NCCc1c(OC)cc(OC)cc1OC. The lowest BCUT2D eigenvalue weighted by atomic mass is 10.1. The molecule has 1 aromatic heterocycles. The molecule has 0 radical (unpaired) electrons. The number of nitrogens with one attached hydrogen (secondary N) is 2. The fourth-order valence-electron chi connectivity index (χ4n) is 2.52. The van der Waals surface area contributed by atoms with Crippen molar-refractivity contribution < 1.29 is 14.2 Å². The molecule has 2 rings (SSSR count). The second kappa shape index (κ2) is 10.6. The van der Waals surface area contributed by atoms with Gasteiger partial charge in [0, 0.05) is 30.8 Å². The summed E-state index contributed by atoms with van der Waals surface area (Å²) in [5.74, 6) is 3.01. The number of ether oxygens (including phenoxy) is 3. The van der Waals surface area contributed by atoms with Crippen molar-refractivity contribution in [2.75, 3.05) is 34.4 Å². The van der Waals surface area contributed by atoms with Gasteiger partial charge in [-0.2, -0.15) is 11.3 Å². The Kier molecular flexibility index (Phi) is 8.08. The number of benzene rings is 1. The third kappa shape index (κ3) is 5.56. The number of aliphatic imine (C=N–C) groups is 1. The first kappa shape index (κ1) is 19.9. The monoisotopic (exact) mass is 377 g/mol. The van der Waals surface area contributed by atoms with E-state index in [2.05, 4.69) is 39.4 Å². The molecular formula is C19H27N3O3S. The summed E-state index contributed by atoms with van der Waals surface area (Å²) < 4.78 is 16.3. The van der Waals surface area contributed by atoms with E-state index >= 15 is 0 Å². The topological polar surface area (TPSA) is 64.1 Å². The van der Waals surface area contributed by atoms with Gasteiger partial charge in [-0.05, 0) is 35.7 Å².